The highest BCUT2D eigenvalue weighted by Crippen LogP contribution is 2.41. The van der Waals surface area contributed by atoms with Gasteiger partial charge in [0, 0.05) is 32.7 Å². The molecule has 40 heavy (non-hydrogen) atoms. The first-order valence-electron chi connectivity index (χ1n) is 13.0. The molecule has 2 aliphatic rings. The Hall–Kier alpha value is -3.61. The molecule has 1 aromatic heterocycles. The lowest BCUT2D eigenvalue weighted by Crippen LogP contribution is -2.43. The topological polar surface area (TPSA) is 90.7 Å². The highest BCUT2D eigenvalue weighted by molar-refractivity contribution is 5.89. The number of fused-ring (bicyclic) bond motifs is 3. The molecule has 0 radical (unpaired) electrons. The van der Waals surface area contributed by atoms with Gasteiger partial charge in [-0.1, -0.05) is 6.92 Å². The van der Waals surface area contributed by atoms with Gasteiger partial charge in [0.25, 0.3) is 5.76 Å². The molecule has 0 unspecified atom stereocenters. The molecular weight excluding hydrogens is 533 g/mol. The first-order valence-corrected chi connectivity index (χ1v) is 13.0. The Balaban J connectivity index is 1.44. The highest BCUT2D eigenvalue weighted by Gasteiger charge is 2.41. The Morgan fingerprint density at radius 3 is 2.45 bits per heavy atom. The van der Waals surface area contributed by atoms with Crippen LogP contribution in [-0.2, 0) is 22.2 Å². The van der Waals surface area contributed by atoms with Crippen LogP contribution in [0.1, 0.15) is 35.0 Å². The summed E-state index contributed by atoms with van der Waals surface area (Å²) in [5.41, 5.74) is -0.581. The second-order valence-corrected chi connectivity index (χ2v) is 9.55. The first kappa shape index (κ1) is 27.9. The molecule has 5 rings (SSSR count). The molecule has 1 saturated heterocycles. The van der Waals surface area contributed by atoms with Gasteiger partial charge in [0.2, 0.25) is 11.2 Å². The van der Waals surface area contributed by atoms with Gasteiger partial charge in [0.05, 0.1) is 36.3 Å². The van der Waals surface area contributed by atoms with Gasteiger partial charge in [-0.25, -0.2) is 4.79 Å². The van der Waals surface area contributed by atoms with E-state index in [0.717, 1.165) is 19.6 Å². The van der Waals surface area contributed by atoms with Crippen LogP contribution in [0.15, 0.2) is 45.6 Å². The number of carbonyl (C=O) groups is 1. The predicted molar refractivity (Wildman–Crippen MR) is 138 cm³/mol. The zero-order chi connectivity index (χ0) is 28.3. The maximum atomic E-state index is 14.2. The number of benzene rings is 2. The average Bonchev–Trinajstić information content (AvgIpc) is 2.96. The molecular formula is C28H29F3N2O7. The number of nitrogens with zero attached hydrogens (tertiary/aromatic N) is 2. The second kappa shape index (κ2) is 11.9. The fourth-order valence-electron chi connectivity index (χ4n) is 4.58. The van der Waals surface area contributed by atoms with E-state index in [1.54, 1.807) is 6.07 Å². The van der Waals surface area contributed by atoms with Crippen LogP contribution in [0.2, 0.25) is 0 Å². The first-order chi connectivity index (χ1) is 19.2. The average molecular weight is 563 g/mol. The van der Waals surface area contributed by atoms with Gasteiger partial charge in [-0.15, -0.1) is 0 Å². The number of rotatable bonds is 8. The van der Waals surface area contributed by atoms with E-state index < -0.39 is 29.1 Å². The van der Waals surface area contributed by atoms with Crippen LogP contribution in [0.4, 0.5) is 13.2 Å². The third kappa shape index (κ3) is 6.08. The van der Waals surface area contributed by atoms with E-state index in [2.05, 4.69) is 4.90 Å². The van der Waals surface area contributed by atoms with Crippen molar-refractivity contribution in [1.29, 1.82) is 0 Å². The fraction of sp³-hybridized carbons (Fsp3) is 0.429. The van der Waals surface area contributed by atoms with Crippen LogP contribution in [0.3, 0.4) is 0 Å². The van der Waals surface area contributed by atoms with Crippen molar-refractivity contribution in [3.8, 4) is 17.2 Å². The summed E-state index contributed by atoms with van der Waals surface area (Å²) in [6.07, 6.45) is -4.37. The SMILES string of the molecule is CCCOC(=O)c1ccc(Oc2c(C(F)(F)F)oc3c4c(ccc3c2=O)OCN(CCN2CCOCC2)C4)cc1. The zero-order valence-corrected chi connectivity index (χ0v) is 21.9. The van der Waals surface area contributed by atoms with Gasteiger partial charge in [0.1, 0.15) is 23.8 Å². The van der Waals surface area contributed by atoms with Crippen LogP contribution in [0.5, 0.6) is 17.2 Å². The van der Waals surface area contributed by atoms with E-state index in [1.165, 1.54) is 30.3 Å². The molecule has 12 heteroatoms. The predicted octanol–water partition coefficient (Wildman–Crippen LogP) is 4.66. The molecule has 2 aliphatic heterocycles. The lowest BCUT2D eigenvalue weighted by molar-refractivity contribution is -0.154. The number of halogens is 3. The highest BCUT2D eigenvalue weighted by atomic mass is 19.4. The molecule has 214 valence electrons. The Kier molecular flexibility index (Phi) is 8.29. The second-order valence-electron chi connectivity index (χ2n) is 9.55. The Morgan fingerprint density at radius 2 is 1.75 bits per heavy atom. The summed E-state index contributed by atoms with van der Waals surface area (Å²) in [6.45, 7) is 6.93. The summed E-state index contributed by atoms with van der Waals surface area (Å²) < 4.78 is 69.5. The summed E-state index contributed by atoms with van der Waals surface area (Å²) in [7, 11) is 0. The summed E-state index contributed by atoms with van der Waals surface area (Å²) in [6, 6.07) is 8.22. The van der Waals surface area contributed by atoms with Crippen LogP contribution < -0.4 is 14.9 Å². The molecule has 0 saturated carbocycles. The normalized spacial score (nSPS) is 16.4. The van der Waals surface area contributed by atoms with Gasteiger partial charge in [-0.05, 0) is 42.8 Å². The molecule has 3 aromatic rings. The summed E-state index contributed by atoms with van der Waals surface area (Å²) in [5, 5.41) is -0.0554. The van der Waals surface area contributed by atoms with Crippen LogP contribution in [-0.4, -0.2) is 68.5 Å². The third-order valence-electron chi connectivity index (χ3n) is 6.70. The van der Waals surface area contributed by atoms with Gasteiger partial charge in [-0.2, -0.15) is 13.2 Å². The minimum atomic E-state index is -5.01. The maximum Gasteiger partial charge on any atom is 0.453 e. The fourth-order valence-corrected chi connectivity index (χ4v) is 4.58. The monoisotopic (exact) mass is 562 g/mol. The Morgan fingerprint density at radius 1 is 1.02 bits per heavy atom. The van der Waals surface area contributed by atoms with Gasteiger partial charge in [0.15, 0.2) is 0 Å². The van der Waals surface area contributed by atoms with Crippen molar-refractivity contribution in [2.45, 2.75) is 26.1 Å². The molecule has 0 bridgehead atoms. The van der Waals surface area contributed by atoms with Gasteiger partial charge in [-0.3, -0.25) is 14.6 Å². The van der Waals surface area contributed by atoms with Gasteiger partial charge >= 0.3 is 12.1 Å². The van der Waals surface area contributed by atoms with Crippen LogP contribution in [0, 0.1) is 0 Å². The molecule has 0 amide bonds. The maximum absolute atomic E-state index is 14.2. The van der Waals surface area contributed by atoms with E-state index in [1.807, 2.05) is 11.8 Å². The standard InChI is InChI=1S/C28H29F3N2O7/c1-2-13-37-27(35)18-3-5-19(6-4-18)39-25-23(34)20-7-8-22-21(24(20)40-26(25)28(29,30)31)16-33(17-38-22)10-9-32-11-14-36-15-12-32/h3-8H,2,9-17H2,1H3. The largest absolute Gasteiger partial charge is 0.478 e. The molecule has 1 fully saturated rings. The lowest BCUT2D eigenvalue weighted by atomic mass is 10.1. The number of hydrogen-bond acceptors (Lipinski definition) is 9. The molecule has 0 atom stereocenters. The van der Waals surface area contributed by atoms with Crippen molar-refractivity contribution < 1.29 is 41.3 Å². The van der Waals surface area contributed by atoms with Gasteiger partial charge < -0.3 is 23.4 Å². The van der Waals surface area contributed by atoms with Crippen LogP contribution >= 0.6 is 0 Å². The molecule has 9 nitrogen and oxygen atoms in total. The van der Waals surface area contributed by atoms with Crippen molar-refractivity contribution in [3.05, 3.63) is 63.5 Å². The number of esters is 1. The summed E-state index contributed by atoms with van der Waals surface area (Å²) in [4.78, 5) is 29.6. The van der Waals surface area contributed by atoms with E-state index in [4.69, 9.17) is 23.4 Å². The van der Waals surface area contributed by atoms with Crippen molar-refractivity contribution >= 4 is 16.9 Å². The molecule has 0 aliphatic carbocycles. The van der Waals surface area contributed by atoms with E-state index in [-0.39, 0.29) is 42.2 Å². The van der Waals surface area contributed by atoms with E-state index in [0.29, 0.717) is 37.5 Å². The summed E-state index contributed by atoms with van der Waals surface area (Å²) >= 11 is 0. The minimum absolute atomic E-state index is 0.0554. The molecule has 0 spiro atoms. The van der Waals surface area contributed by atoms with Crippen molar-refractivity contribution in [2.24, 2.45) is 0 Å². The number of hydrogen-bond donors (Lipinski definition) is 0. The molecule has 3 heterocycles. The van der Waals surface area contributed by atoms with E-state index >= 15 is 0 Å². The Bertz CT molecular complexity index is 1420. The van der Waals surface area contributed by atoms with E-state index in [9.17, 15) is 22.8 Å². The summed E-state index contributed by atoms with van der Waals surface area (Å²) in [5.74, 6) is -2.80. The number of alkyl halides is 3. The number of morpholine rings is 1. The number of carbonyl (C=O) groups excluding carboxylic acids is 1. The third-order valence-corrected chi connectivity index (χ3v) is 6.70. The Labute approximate surface area is 228 Å². The van der Waals surface area contributed by atoms with Crippen molar-refractivity contribution in [2.75, 3.05) is 52.7 Å². The zero-order valence-electron chi connectivity index (χ0n) is 21.9. The quantitative estimate of drug-likeness (QED) is 0.364. The smallest absolute Gasteiger partial charge is 0.453 e. The minimum Gasteiger partial charge on any atom is -0.478 e. The van der Waals surface area contributed by atoms with Crippen molar-refractivity contribution in [1.82, 2.24) is 9.80 Å². The molecule has 2 aromatic carbocycles. The number of ether oxygens (including phenoxy) is 4. The lowest BCUT2D eigenvalue weighted by Gasteiger charge is -2.32. The van der Waals surface area contributed by atoms with Crippen LogP contribution in [0.25, 0.3) is 11.0 Å². The molecule has 0 N–H and O–H groups in total. The van der Waals surface area contributed by atoms with Crippen molar-refractivity contribution in [3.63, 3.8) is 0 Å².